The second-order valence-corrected chi connectivity index (χ2v) is 4.41. The van der Waals surface area contributed by atoms with Crippen molar-refractivity contribution in [3.8, 4) is 0 Å². The molecular weight excluding hydrogens is 268 g/mol. The average Bonchev–Trinajstić information content (AvgIpc) is 2.41. The molecule has 0 heterocycles. The standard InChI is InChI=1S/C14H19F2NO3/c1-20-8-3-2-7-13(19)17-9-12(18)14-10(15)5-4-6-11(14)16/h4-6,12,18H,2-3,7-9H2,1H3,(H,17,19). The van der Waals surface area contributed by atoms with E-state index >= 15 is 0 Å². The van der Waals surface area contributed by atoms with Gasteiger partial charge in [-0.05, 0) is 25.0 Å². The van der Waals surface area contributed by atoms with Crippen LogP contribution in [0, 0.1) is 11.6 Å². The molecule has 0 radical (unpaired) electrons. The van der Waals surface area contributed by atoms with Gasteiger partial charge in [0.25, 0.3) is 0 Å². The van der Waals surface area contributed by atoms with E-state index in [-0.39, 0.29) is 18.9 Å². The van der Waals surface area contributed by atoms with Crippen LogP contribution >= 0.6 is 0 Å². The third-order valence-electron chi connectivity index (χ3n) is 2.83. The number of benzene rings is 1. The van der Waals surface area contributed by atoms with Gasteiger partial charge in [-0.3, -0.25) is 4.79 Å². The highest BCUT2D eigenvalue weighted by Crippen LogP contribution is 2.19. The van der Waals surface area contributed by atoms with Crippen molar-refractivity contribution in [1.29, 1.82) is 0 Å². The summed E-state index contributed by atoms with van der Waals surface area (Å²) in [6, 6.07) is 3.34. The van der Waals surface area contributed by atoms with E-state index in [0.717, 1.165) is 18.6 Å². The highest BCUT2D eigenvalue weighted by atomic mass is 19.1. The van der Waals surface area contributed by atoms with Crippen molar-refractivity contribution in [2.45, 2.75) is 25.4 Å². The zero-order valence-corrected chi connectivity index (χ0v) is 11.4. The van der Waals surface area contributed by atoms with Crippen molar-refractivity contribution >= 4 is 5.91 Å². The molecule has 1 rings (SSSR count). The van der Waals surface area contributed by atoms with E-state index in [1.54, 1.807) is 7.11 Å². The van der Waals surface area contributed by atoms with E-state index in [1.807, 2.05) is 0 Å². The molecule has 112 valence electrons. The van der Waals surface area contributed by atoms with E-state index < -0.39 is 23.3 Å². The lowest BCUT2D eigenvalue weighted by atomic mass is 10.1. The number of ether oxygens (including phenoxy) is 1. The Labute approximate surface area is 116 Å². The van der Waals surface area contributed by atoms with Gasteiger partial charge in [0, 0.05) is 26.7 Å². The lowest BCUT2D eigenvalue weighted by Crippen LogP contribution is -2.28. The smallest absolute Gasteiger partial charge is 0.220 e. The second-order valence-electron chi connectivity index (χ2n) is 4.41. The predicted octanol–water partition coefficient (Wildman–Crippen LogP) is 1.93. The summed E-state index contributed by atoms with van der Waals surface area (Å²) in [5, 5.41) is 12.2. The SMILES string of the molecule is COCCCCC(=O)NCC(O)c1c(F)cccc1F. The van der Waals surface area contributed by atoms with E-state index in [0.29, 0.717) is 13.0 Å². The Morgan fingerprint density at radius 1 is 1.35 bits per heavy atom. The molecule has 1 unspecified atom stereocenters. The van der Waals surface area contributed by atoms with Crippen LogP contribution < -0.4 is 5.32 Å². The Kier molecular flexibility index (Phi) is 7.11. The summed E-state index contributed by atoms with van der Waals surface area (Å²) in [6.07, 6.45) is 0.299. The van der Waals surface area contributed by atoms with Crippen LogP contribution in [0.25, 0.3) is 0 Å². The molecule has 1 aromatic carbocycles. The Hall–Kier alpha value is -1.53. The zero-order valence-electron chi connectivity index (χ0n) is 11.4. The molecule has 0 aliphatic rings. The van der Waals surface area contributed by atoms with Crippen LogP contribution in [-0.2, 0) is 9.53 Å². The minimum atomic E-state index is -1.40. The van der Waals surface area contributed by atoms with Gasteiger partial charge in [0.1, 0.15) is 17.7 Å². The number of unbranched alkanes of at least 4 members (excludes halogenated alkanes) is 1. The quantitative estimate of drug-likeness (QED) is 0.718. The first-order valence-corrected chi connectivity index (χ1v) is 6.44. The lowest BCUT2D eigenvalue weighted by Gasteiger charge is -2.13. The van der Waals surface area contributed by atoms with Gasteiger partial charge in [0.2, 0.25) is 5.91 Å². The maximum absolute atomic E-state index is 13.4. The number of methoxy groups -OCH3 is 1. The first kappa shape index (κ1) is 16.5. The van der Waals surface area contributed by atoms with Gasteiger partial charge in [0.15, 0.2) is 0 Å². The van der Waals surface area contributed by atoms with E-state index in [4.69, 9.17) is 4.74 Å². The van der Waals surface area contributed by atoms with Gasteiger partial charge in [-0.1, -0.05) is 6.07 Å². The molecule has 0 bridgehead atoms. The molecule has 1 aromatic rings. The number of halogens is 2. The summed E-state index contributed by atoms with van der Waals surface area (Å²) in [4.78, 5) is 11.5. The highest BCUT2D eigenvalue weighted by molar-refractivity contribution is 5.75. The summed E-state index contributed by atoms with van der Waals surface area (Å²) in [5.74, 6) is -1.92. The molecule has 0 aromatic heterocycles. The van der Waals surface area contributed by atoms with Crippen LogP contribution in [0.3, 0.4) is 0 Å². The van der Waals surface area contributed by atoms with Crippen molar-refractivity contribution < 1.29 is 23.4 Å². The van der Waals surface area contributed by atoms with Crippen LogP contribution in [0.4, 0.5) is 8.78 Å². The number of aliphatic hydroxyl groups is 1. The molecule has 0 aliphatic heterocycles. The zero-order chi connectivity index (χ0) is 15.0. The molecule has 4 nitrogen and oxygen atoms in total. The first-order valence-electron chi connectivity index (χ1n) is 6.44. The number of rotatable bonds is 8. The number of carbonyl (C=O) groups is 1. The van der Waals surface area contributed by atoms with E-state index in [2.05, 4.69) is 5.32 Å². The number of hydrogen-bond acceptors (Lipinski definition) is 3. The maximum Gasteiger partial charge on any atom is 0.220 e. The fraction of sp³-hybridized carbons (Fsp3) is 0.500. The Balaban J connectivity index is 2.39. The van der Waals surface area contributed by atoms with Crippen molar-refractivity contribution in [3.63, 3.8) is 0 Å². The fourth-order valence-electron chi connectivity index (χ4n) is 1.76. The molecule has 20 heavy (non-hydrogen) atoms. The number of carbonyl (C=O) groups excluding carboxylic acids is 1. The first-order chi connectivity index (χ1) is 9.56. The number of amides is 1. The van der Waals surface area contributed by atoms with Gasteiger partial charge in [-0.2, -0.15) is 0 Å². The molecule has 6 heteroatoms. The minimum Gasteiger partial charge on any atom is -0.386 e. The molecule has 0 saturated heterocycles. The van der Waals surface area contributed by atoms with Gasteiger partial charge in [0.05, 0.1) is 5.56 Å². The molecule has 1 atom stereocenters. The average molecular weight is 287 g/mol. The van der Waals surface area contributed by atoms with Crippen LogP contribution in [0.2, 0.25) is 0 Å². The van der Waals surface area contributed by atoms with E-state index in [9.17, 15) is 18.7 Å². The van der Waals surface area contributed by atoms with E-state index in [1.165, 1.54) is 6.07 Å². The third-order valence-corrected chi connectivity index (χ3v) is 2.83. The number of hydrogen-bond donors (Lipinski definition) is 2. The minimum absolute atomic E-state index is 0.221. The molecular formula is C14H19F2NO3. The molecule has 0 saturated carbocycles. The predicted molar refractivity (Wildman–Crippen MR) is 70.1 cm³/mol. The summed E-state index contributed by atoms with van der Waals surface area (Å²) in [6.45, 7) is 0.358. The van der Waals surface area contributed by atoms with Gasteiger partial charge >= 0.3 is 0 Å². The third kappa shape index (κ3) is 5.22. The number of aliphatic hydroxyl groups excluding tert-OH is 1. The van der Waals surface area contributed by atoms with Crippen LogP contribution in [0.15, 0.2) is 18.2 Å². The highest BCUT2D eigenvalue weighted by Gasteiger charge is 2.18. The van der Waals surface area contributed by atoms with Crippen molar-refractivity contribution in [2.24, 2.45) is 0 Å². The molecule has 0 fully saturated rings. The molecule has 1 amide bonds. The maximum atomic E-state index is 13.4. The van der Waals surface area contributed by atoms with Crippen LogP contribution in [0.5, 0.6) is 0 Å². The van der Waals surface area contributed by atoms with Gasteiger partial charge in [-0.25, -0.2) is 8.78 Å². The summed E-state index contributed by atoms with van der Waals surface area (Å²) < 4.78 is 31.6. The van der Waals surface area contributed by atoms with Crippen molar-refractivity contribution in [1.82, 2.24) is 5.32 Å². The largest absolute Gasteiger partial charge is 0.386 e. The molecule has 2 N–H and O–H groups in total. The summed E-state index contributed by atoms with van der Waals surface area (Å²) in [5.41, 5.74) is -0.424. The van der Waals surface area contributed by atoms with Crippen molar-refractivity contribution in [3.05, 3.63) is 35.4 Å². The monoisotopic (exact) mass is 287 g/mol. The van der Waals surface area contributed by atoms with Gasteiger partial charge < -0.3 is 15.2 Å². The van der Waals surface area contributed by atoms with Crippen LogP contribution in [0.1, 0.15) is 30.9 Å². The second kappa shape index (κ2) is 8.60. The van der Waals surface area contributed by atoms with Gasteiger partial charge in [-0.15, -0.1) is 0 Å². The van der Waals surface area contributed by atoms with Crippen LogP contribution in [-0.4, -0.2) is 31.3 Å². The molecule has 0 aliphatic carbocycles. The summed E-state index contributed by atoms with van der Waals surface area (Å²) in [7, 11) is 1.58. The Morgan fingerprint density at radius 3 is 2.60 bits per heavy atom. The number of nitrogens with one attached hydrogen (secondary N) is 1. The van der Waals surface area contributed by atoms with Crippen molar-refractivity contribution in [2.75, 3.05) is 20.3 Å². The normalized spacial score (nSPS) is 12.2. The Morgan fingerprint density at radius 2 is 2.00 bits per heavy atom. The molecule has 0 spiro atoms. The topological polar surface area (TPSA) is 58.6 Å². The lowest BCUT2D eigenvalue weighted by molar-refractivity contribution is -0.121. The Bertz CT molecular complexity index is 420. The summed E-state index contributed by atoms with van der Waals surface area (Å²) >= 11 is 0. The fourth-order valence-corrected chi connectivity index (χ4v) is 1.76.